The van der Waals surface area contributed by atoms with E-state index in [-0.39, 0.29) is 6.04 Å². The van der Waals surface area contributed by atoms with E-state index in [1.165, 1.54) is 11.3 Å². The molecule has 3 unspecified atom stereocenters. The number of nitrogens with one attached hydrogen (secondary N) is 1. The maximum atomic E-state index is 12.4. The molecule has 0 aliphatic heterocycles. The highest BCUT2D eigenvalue weighted by atomic mass is 79.9. The maximum absolute atomic E-state index is 12.4. The summed E-state index contributed by atoms with van der Waals surface area (Å²) >= 11 is 4.69. The van der Waals surface area contributed by atoms with Gasteiger partial charge in [0, 0.05) is 17.5 Å². The highest BCUT2D eigenvalue weighted by molar-refractivity contribution is 9.11. The van der Waals surface area contributed by atoms with Crippen LogP contribution in [0, 0.1) is 11.8 Å². The van der Waals surface area contributed by atoms with Gasteiger partial charge in [0.15, 0.2) is 0 Å². The summed E-state index contributed by atoms with van der Waals surface area (Å²) in [7, 11) is -3.46. The van der Waals surface area contributed by atoms with Crippen molar-refractivity contribution in [3.8, 4) is 0 Å². The summed E-state index contributed by atoms with van der Waals surface area (Å²) in [4.78, 5) is 1.17. The van der Waals surface area contributed by atoms with Crippen LogP contribution in [0.3, 0.4) is 0 Å². The molecular weight excluding hydrogens is 348 g/mol. The fraction of sp³-hybridized carbons (Fsp3) is 0.667. The molecule has 1 aromatic heterocycles. The monoisotopic (exact) mass is 366 g/mol. The minimum atomic E-state index is -3.46. The van der Waals surface area contributed by atoms with Crippen LogP contribution in [-0.4, -0.2) is 14.5 Å². The number of thiophene rings is 1. The number of hydrogen-bond donors (Lipinski definition) is 2. The van der Waals surface area contributed by atoms with Crippen LogP contribution in [0.25, 0.3) is 0 Å². The molecule has 0 radical (unpaired) electrons. The molecule has 2 rings (SSSR count). The molecule has 19 heavy (non-hydrogen) atoms. The number of nitrogens with two attached hydrogens (primary N) is 1. The molecule has 1 saturated carbocycles. The van der Waals surface area contributed by atoms with E-state index in [0.717, 1.165) is 17.7 Å². The van der Waals surface area contributed by atoms with E-state index in [1.54, 1.807) is 6.07 Å². The number of halogens is 1. The Morgan fingerprint density at radius 2 is 2.16 bits per heavy atom. The molecule has 0 bridgehead atoms. The highest BCUT2D eigenvalue weighted by Gasteiger charge is 2.34. The first kappa shape index (κ1) is 15.4. The second-order valence-corrected chi connectivity index (χ2v) is 9.33. The lowest BCUT2D eigenvalue weighted by Gasteiger charge is -2.19. The van der Waals surface area contributed by atoms with Crippen LogP contribution in [0.2, 0.25) is 0 Å². The normalized spacial score (nSPS) is 27.9. The average molecular weight is 367 g/mol. The third-order valence-corrected chi connectivity index (χ3v) is 7.73. The van der Waals surface area contributed by atoms with Crippen LogP contribution < -0.4 is 10.5 Å². The lowest BCUT2D eigenvalue weighted by molar-refractivity contribution is 0.402. The molecule has 3 atom stereocenters. The molecule has 7 heteroatoms. The number of hydrogen-bond acceptors (Lipinski definition) is 4. The third-order valence-electron chi connectivity index (χ3n) is 3.97. The zero-order valence-corrected chi connectivity index (χ0v) is 14.2. The summed E-state index contributed by atoms with van der Waals surface area (Å²) in [5, 5.41) is 0. The minimum Gasteiger partial charge on any atom is -0.326 e. The summed E-state index contributed by atoms with van der Waals surface area (Å²) in [6.45, 7) is 4.64. The van der Waals surface area contributed by atoms with Gasteiger partial charge in [-0.3, -0.25) is 0 Å². The molecule has 108 valence electrons. The molecule has 3 N–H and O–H groups in total. The Kier molecular flexibility index (Phi) is 4.72. The minimum absolute atomic E-state index is 0.0353. The predicted octanol–water partition coefficient (Wildman–Crippen LogP) is 2.68. The van der Waals surface area contributed by atoms with Gasteiger partial charge in [0.05, 0.1) is 3.79 Å². The Morgan fingerprint density at radius 3 is 2.63 bits per heavy atom. The van der Waals surface area contributed by atoms with Crippen LogP contribution in [0.1, 0.15) is 31.6 Å². The maximum Gasteiger partial charge on any atom is 0.242 e. The van der Waals surface area contributed by atoms with Crippen molar-refractivity contribution < 1.29 is 8.42 Å². The molecule has 4 nitrogen and oxygen atoms in total. The van der Waals surface area contributed by atoms with Gasteiger partial charge in [0.1, 0.15) is 4.90 Å². The summed E-state index contributed by atoms with van der Waals surface area (Å²) in [5.74, 6) is 0.944. The van der Waals surface area contributed by atoms with Crippen molar-refractivity contribution in [1.82, 2.24) is 4.72 Å². The molecule has 1 heterocycles. The van der Waals surface area contributed by atoms with Crippen LogP contribution in [0.15, 0.2) is 14.7 Å². The molecule has 0 saturated heterocycles. The first-order chi connectivity index (χ1) is 8.85. The van der Waals surface area contributed by atoms with Crippen LogP contribution >= 0.6 is 27.3 Å². The van der Waals surface area contributed by atoms with E-state index < -0.39 is 10.0 Å². The first-order valence-electron chi connectivity index (χ1n) is 6.35. The summed E-state index contributed by atoms with van der Waals surface area (Å²) in [5.41, 5.74) is 5.55. The molecular formula is C12H19BrN2O2S2. The number of sulfonamides is 1. The predicted molar refractivity (Wildman–Crippen MR) is 81.6 cm³/mol. The Morgan fingerprint density at radius 1 is 1.47 bits per heavy atom. The van der Waals surface area contributed by atoms with E-state index in [2.05, 4.69) is 34.5 Å². The Hall–Kier alpha value is 0.0500. The van der Waals surface area contributed by atoms with Crippen LogP contribution in [0.4, 0.5) is 0 Å². The standard InChI is InChI=1S/C12H19BrN2O2S2/c1-7-3-4-10(8(7)2)15-19(16,17)11-5-9(6-14)18-12(11)13/h5,7-8,10,15H,3-4,6,14H2,1-2H3. The van der Waals surface area contributed by atoms with Crippen molar-refractivity contribution >= 4 is 37.3 Å². The van der Waals surface area contributed by atoms with Gasteiger partial charge >= 0.3 is 0 Å². The van der Waals surface area contributed by atoms with Gasteiger partial charge in [-0.05, 0) is 46.7 Å². The quantitative estimate of drug-likeness (QED) is 0.860. The van der Waals surface area contributed by atoms with Crippen molar-refractivity contribution in [3.05, 3.63) is 14.7 Å². The zero-order chi connectivity index (χ0) is 14.2. The van der Waals surface area contributed by atoms with Crippen molar-refractivity contribution in [3.63, 3.8) is 0 Å². The van der Waals surface area contributed by atoms with E-state index >= 15 is 0 Å². The number of rotatable bonds is 4. The van der Waals surface area contributed by atoms with Crippen LogP contribution in [-0.2, 0) is 16.6 Å². The van der Waals surface area contributed by atoms with Gasteiger partial charge < -0.3 is 5.73 Å². The smallest absolute Gasteiger partial charge is 0.242 e. The lowest BCUT2D eigenvalue weighted by Crippen LogP contribution is -2.37. The summed E-state index contributed by atoms with van der Waals surface area (Å²) < 4.78 is 28.3. The fourth-order valence-corrected chi connectivity index (χ4v) is 6.40. The molecule has 0 spiro atoms. The zero-order valence-electron chi connectivity index (χ0n) is 11.0. The average Bonchev–Trinajstić information content (AvgIpc) is 2.87. The van der Waals surface area contributed by atoms with E-state index in [0.29, 0.717) is 27.1 Å². The molecule has 1 aromatic rings. The van der Waals surface area contributed by atoms with Gasteiger partial charge in [0.2, 0.25) is 10.0 Å². The largest absolute Gasteiger partial charge is 0.326 e. The third kappa shape index (κ3) is 3.21. The highest BCUT2D eigenvalue weighted by Crippen LogP contribution is 2.35. The lowest BCUT2D eigenvalue weighted by atomic mass is 9.98. The van der Waals surface area contributed by atoms with Gasteiger partial charge in [-0.2, -0.15) is 0 Å². The summed E-state index contributed by atoms with van der Waals surface area (Å²) in [6, 6.07) is 1.69. The molecule has 1 fully saturated rings. The molecule has 0 aromatic carbocycles. The topological polar surface area (TPSA) is 72.2 Å². The van der Waals surface area contributed by atoms with E-state index in [9.17, 15) is 8.42 Å². The van der Waals surface area contributed by atoms with Crippen molar-refractivity contribution in [2.75, 3.05) is 0 Å². The van der Waals surface area contributed by atoms with Crippen LogP contribution in [0.5, 0.6) is 0 Å². The molecule has 1 aliphatic carbocycles. The molecule has 0 amide bonds. The fourth-order valence-electron chi connectivity index (χ4n) is 2.48. The van der Waals surface area contributed by atoms with Gasteiger partial charge in [-0.15, -0.1) is 11.3 Å². The van der Waals surface area contributed by atoms with E-state index in [1.807, 2.05) is 0 Å². The first-order valence-corrected chi connectivity index (χ1v) is 9.45. The molecule has 1 aliphatic rings. The summed E-state index contributed by atoms with van der Waals surface area (Å²) in [6.07, 6.45) is 1.99. The Labute approximate surface area is 127 Å². The second-order valence-electron chi connectivity index (χ2n) is 5.20. The van der Waals surface area contributed by atoms with E-state index in [4.69, 9.17) is 5.73 Å². The Bertz CT molecular complexity index is 556. The second kappa shape index (κ2) is 5.81. The van der Waals surface area contributed by atoms with Gasteiger partial charge in [-0.25, -0.2) is 13.1 Å². The van der Waals surface area contributed by atoms with Crippen molar-refractivity contribution in [1.29, 1.82) is 0 Å². The van der Waals surface area contributed by atoms with Gasteiger partial charge in [-0.1, -0.05) is 13.8 Å². The van der Waals surface area contributed by atoms with Gasteiger partial charge in [0.25, 0.3) is 0 Å². The van der Waals surface area contributed by atoms with Crippen molar-refractivity contribution in [2.45, 2.75) is 44.2 Å². The van der Waals surface area contributed by atoms with Crippen molar-refractivity contribution in [2.24, 2.45) is 17.6 Å². The SMILES string of the molecule is CC1CCC(NS(=O)(=O)c2cc(CN)sc2Br)C1C. The Balaban J connectivity index is 2.20.